The first kappa shape index (κ1) is 19.8. The summed E-state index contributed by atoms with van der Waals surface area (Å²) in [5.41, 5.74) is 2.19. The van der Waals surface area contributed by atoms with E-state index >= 15 is 0 Å². The molecule has 0 saturated heterocycles. The fourth-order valence-corrected chi connectivity index (χ4v) is 4.03. The van der Waals surface area contributed by atoms with Crippen molar-refractivity contribution >= 4 is 28.3 Å². The van der Waals surface area contributed by atoms with E-state index in [0.29, 0.717) is 16.5 Å². The molecule has 2 heterocycles. The summed E-state index contributed by atoms with van der Waals surface area (Å²) < 4.78 is 6.66. The van der Waals surface area contributed by atoms with Gasteiger partial charge in [-0.3, -0.25) is 14.4 Å². The maximum absolute atomic E-state index is 13.0. The van der Waals surface area contributed by atoms with Gasteiger partial charge in [0.05, 0.1) is 17.5 Å². The van der Waals surface area contributed by atoms with Crippen molar-refractivity contribution in [3.8, 4) is 0 Å². The SMILES string of the molecule is C[C@@H](OC(=O)Cc1nn(C)c(=O)c2ccccc12)C(=O)N1c2ccccc2C[C@@H]1C. The molecule has 0 fully saturated rings. The Hall–Kier alpha value is -3.48. The minimum Gasteiger partial charge on any atom is -0.452 e. The monoisotopic (exact) mass is 405 g/mol. The second kappa shape index (κ2) is 7.74. The van der Waals surface area contributed by atoms with Crippen LogP contribution in [0.2, 0.25) is 0 Å². The van der Waals surface area contributed by atoms with Crippen molar-refractivity contribution in [3.05, 3.63) is 70.1 Å². The van der Waals surface area contributed by atoms with Gasteiger partial charge >= 0.3 is 5.97 Å². The van der Waals surface area contributed by atoms with E-state index in [0.717, 1.165) is 17.7 Å². The number of aryl methyl sites for hydroxylation is 1. The number of hydrogen-bond donors (Lipinski definition) is 0. The van der Waals surface area contributed by atoms with Crippen LogP contribution in [0, 0.1) is 0 Å². The quantitative estimate of drug-likeness (QED) is 0.623. The molecule has 0 saturated carbocycles. The van der Waals surface area contributed by atoms with Gasteiger partial charge in [0, 0.05) is 24.2 Å². The van der Waals surface area contributed by atoms with Gasteiger partial charge in [0.1, 0.15) is 0 Å². The highest BCUT2D eigenvalue weighted by atomic mass is 16.5. The second-order valence-electron chi connectivity index (χ2n) is 7.62. The van der Waals surface area contributed by atoms with Gasteiger partial charge in [-0.05, 0) is 38.0 Å². The number of para-hydroxylation sites is 1. The van der Waals surface area contributed by atoms with Gasteiger partial charge in [0.2, 0.25) is 0 Å². The summed E-state index contributed by atoms with van der Waals surface area (Å²) in [5, 5.41) is 5.32. The molecule has 0 bridgehead atoms. The molecule has 7 heteroatoms. The van der Waals surface area contributed by atoms with Crippen molar-refractivity contribution < 1.29 is 14.3 Å². The van der Waals surface area contributed by atoms with Crippen LogP contribution in [-0.2, 0) is 34.2 Å². The van der Waals surface area contributed by atoms with Crippen LogP contribution in [0.5, 0.6) is 0 Å². The summed E-state index contributed by atoms with van der Waals surface area (Å²) in [4.78, 5) is 39.5. The highest BCUT2D eigenvalue weighted by Gasteiger charge is 2.34. The normalized spacial score (nSPS) is 16.4. The number of nitrogens with zero attached hydrogens (tertiary/aromatic N) is 3. The summed E-state index contributed by atoms with van der Waals surface area (Å²) in [6, 6.07) is 14.8. The minimum atomic E-state index is -0.926. The van der Waals surface area contributed by atoms with Crippen LogP contribution in [0.1, 0.15) is 25.1 Å². The Morgan fingerprint density at radius 1 is 1.13 bits per heavy atom. The number of fused-ring (bicyclic) bond motifs is 2. The third-order valence-electron chi connectivity index (χ3n) is 5.45. The Morgan fingerprint density at radius 2 is 1.80 bits per heavy atom. The molecule has 2 aromatic carbocycles. The number of anilines is 1. The number of benzene rings is 2. The summed E-state index contributed by atoms with van der Waals surface area (Å²) in [7, 11) is 1.54. The molecule has 3 aromatic rings. The summed E-state index contributed by atoms with van der Waals surface area (Å²) >= 11 is 0. The zero-order chi connectivity index (χ0) is 21.4. The first-order valence-electron chi connectivity index (χ1n) is 9.92. The number of aromatic nitrogens is 2. The Morgan fingerprint density at radius 3 is 2.57 bits per heavy atom. The van der Waals surface area contributed by atoms with Gasteiger partial charge in [-0.1, -0.05) is 36.4 Å². The second-order valence-corrected chi connectivity index (χ2v) is 7.62. The molecule has 1 aromatic heterocycles. The molecular weight excluding hydrogens is 382 g/mol. The summed E-state index contributed by atoms with van der Waals surface area (Å²) in [6.07, 6.45) is -0.278. The summed E-state index contributed by atoms with van der Waals surface area (Å²) in [6.45, 7) is 3.56. The zero-order valence-electron chi connectivity index (χ0n) is 17.2. The molecule has 1 aliphatic rings. The van der Waals surface area contributed by atoms with E-state index in [4.69, 9.17) is 4.74 Å². The average molecular weight is 405 g/mol. The molecule has 1 amide bonds. The van der Waals surface area contributed by atoms with Crippen molar-refractivity contribution in [2.24, 2.45) is 7.05 Å². The van der Waals surface area contributed by atoms with Crippen LogP contribution in [0.25, 0.3) is 10.8 Å². The fraction of sp³-hybridized carbons (Fsp3) is 0.304. The molecule has 4 rings (SSSR count). The van der Waals surface area contributed by atoms with Crippen LogP contribution in [0.15, 0.2) is 53.3 Å². The number of carbonyl (C=O) groups is 2. The third-order valence-corrected chi connectivity index (χ3v) is 5.45. The van der Waals surface area contributed by atoms with Crippen molar-refractivity contribution in [2.45, 2.75) is 38.8 Å². The van der Waals surface area contributed by atoms with Crippen molar-refractivity contribution in [2.75, 3.05) is 4.90 Å². The number of esters is 1. The Labute approximate surface area is 173 Å². The van der Waals surface area contributed by atoms with E-state index in [9.17, 15) is 14.4 Å². The van der Waals surface area contributed by atoms with Crippen LogP contribution < -0.4 is 10.5 Å². The van der Waals surface area contributed by atoms with Crippen LogP contribution >= 0.6 is 0 Å². The maximum atomic E-state index is 13.0. The largest absolute Gasteiger partial charge is 0.452 e. The fourth-order valence-electron chi connectivity index (χ4n) is 4.03. The number of amides is 1. The third kappa shape index (κ3) is 3.47. The topological polar surface area (TPSA) is 81.5 Å². The smallest absolute Gasteiger partial charge is 0.312 e. The predicted octanol–water partition coefficient (Wildman–Crippen LogP) is 2.39. The number of carbonyl (C=O) groups excluding carboxylic acids is 2. The van der Waals surface area contributed by atoms with Crippen molar-refractivity contribution in [3.63, 3.8) is 0 Å². The van der Waals surface area contributed by atoms with Gasteiger partial charge in [-0.2, -0.15) is 5.10 Å². The maximum Gasteiger partial charge on any atom is 0.312 e. The lowest BCUT2D eigenvalue weighted by Crippen LogP contribution is -2.43. The molecule has 2 atom stereocenters. The molecule has 0 aliphatic carbocycles. The summed E-state index contributed by atoms with van der Waals surface area (Å²) in [5.74, 6) is -0.814. The zero-order valence-corrected chi connectivity index (χ0v) is 17.2. The lowest BCUT2D eigenvalue weighted by atomic mass is 10.1. The van der Waals surface area contributed by atoms with E-state index in [1.807, 2.05) is 31.2 Å². The highest BCUT2D eigenvalue weighted by Crippen LogP contribution is 2.32. The lowest BCUT2D eigenvalue weighted by Gasteiger charge is -2.26. The van der Waals surface area contributed by atoms with Gasteiger partial charge in [0.15, 0.2) is 6.10 Å². The first-order valence-corrected chi connectivity index (χ1v) is 9.92. The van der Waals surface area contributed by atoms with Gasteiger partial charge in [-0.25, -0.2) is 4.68 Å². The van der Waals surface area contributed by atoms with Crippen LogP contribution in [-0.4, -0.2) is 33.8 Å². The van der Waals surface area contributed by atoms with E-state index < -0.39 is 12.1 Å². The van der Waals surface area contributed by atoms with E-state index in [2.05, 4.69) is 5.10 Å². The molecule has 1 aliphatic heterocycles. The Bertz CT molecular complexity index is 1200. The molecule has 30 heavy (non-hydrogen) atoms. The van der Waals surface area contributed by atoms with Crippen molar-refractivity contribution in [1.29, 1.82) is 0 Å². The van der Waals surface area contributed by atoms with Gasteiger partial charge in [0.25, 0.3) is 11.5 Å². The highest BCUT2D eigenvalue weighted by molar-refractivity contribution is 6.00. The molecule has 0 spiro atoms. The lowest BCUT2D eigenvalue weighted by molar-refractivity contribution is -0.153. The standard InChI is InChI=1S/C23H23N3O4/c1-14-12-16-8-4-7-11-20(16)26(14)22(28)15(2)30-21(27)13-19-17-9-5-6-10-18(17)23(29)25(3)24-19/h4-11,14-15H,12-13H2,1-3H3/t14-,15+/m0/s1. The van der Waals surface area contributed by atoms with E-state index in [1.54, 1.807) is 43.1 Å². The molecular formula is C23H23N3O4. The molecule has 0 N–H and O–H groups in total. The van der Waals surface area contributed by atoms with E-state index in [1.165, 1.54) is 4.68 Å². The molecule has 154 valence electrons. The minimum absolute atomic E-state index is 0.00492. The van der Waals surface area contributed by atoms with E-state index in [-0.39, 0.29) is 23.9 Å². The number of ether oxygens (including phenoxy) is 1. The molecule has 0 radical (unpaired) electrons. The number of hydrogen-bond acceptors (Lipinski definition) is 5. The number of rotatable bonds is 4. The molecule has 0 unspecified atom stereocenters. The first-order chi connectivity index (χ1) is 14.4. The Kier molecular flexibility index (Phi) is 5.11. The van der Waals surface area contributed by atoms with Crippen LogP contribution in [0.4, 0.5) is 5.69 Å². The van der Waals surface area contributed by atoms with Gasteiger partial charge < -0.3 is 9.64 Å². The van der Waals surface area contributed by atoms with Crippen LogP contribution in [0.3, 0.4) is 0 Å². The molecule has 7 nitrogen and oxygen atoms in total. The van der Waals surface area contributed by atoms with Gasteiger partial charge in [-0.15, -0.1) is 0 Å². The Balaban J connectivity index is 1.51. The van der Waals surface area contributed by atoms with Crippen molar-refractivity contribution in [1.82, 2.24) is 9.78 Å². The average Bonchev–Trinajstić information content (AvgIpc) is 3.06. The predicted molar refractivity (Wildman–Crippen MR) is 113 cm³/mol.